The summed E-state index contributed by atoms with van der Waals surface area (Å²) in [7, 11) is 0. The first-order chi connectivity index (χ1) is 14.1. The van der Waals surface area contributed by atoms with Gasteiger partial charge in [-0.2, -0.15) is 4.98 Å². The van der Waals surface area contributed by atoms with Crippen molar-refractivity contribution in [3.63, 3.8) is 0 Å². The first kappa shape index (κ1) is 18.6. The van der Waals surface area contributed by atoms with Gasteiger partial charge in [0.25, 0.3) is 5.91 Å². The fourth-order valence-electron chi connectivity index (χ4n) is 2.92. The van der Waals surface area contributed by atoms with E-state index in [-0.39, 0.29) is 12.5 Å². The van der Waals surface area contributed by atoms with Gasteiger partial charge in [-0.3, -0.25) is 4.79 Å². The van der Waals surface area contributed by atoms with Gasteiger partial charge in [-0.15, -0.1) is 0 Å². The summed E-state index contributed by atoms with van der Waals surface area (Å²) in [6, 6.07) is 17.0. The summed E-state index contributed by atoms with van der Waals surface area (Å²) >= 11 is 0. The normalized spacial score (nSPS) is 10.8. The van der Waals surface area contributed by atoms with Crippen LogP contribution in [0.1, 0.15) is 39.1 Å². The highest BCUT2D eigenvalue weighted by Crippen LogP contribution is 2.23. The van der Waals surface area contributed by atoms with Crippen LogP contribution in [-0.2, 0) is 13.0 Å². The number of carbonyl (C=O) groups is 1. The van der Waals surface area contributed by atoms with E-state index in [0.29, 0.717) is 35.4 Å². The van der Waals surface area contributed by atoms with E-state index < -0.39 is 0 Å². The predicted molar refractivity (Wildman–Crippen MR) is 106 cm³/mol. The molecule has 146 valence electrons. The fourth-order valence-corrected chi connectivity index (χ4v) is 2.92. The van der Waals surface area contributed by atoms with Crippen LogP contribution in [0.2, 0.25) is 0 Å². The summed E-state index contributed by atoms with van der Waals surface area (Å²) in [6.07, 6.45) is 0.386. The molecule has 4 rings (SSSR count). The molecule has 2 heterocycles. The number of amides is 1. The largest absolute Gasteiger partial charge is 0.441 e. The third kappa shape index (κ3) is 4.40. The molecule has 0 radical (unpaired) electrons. The molecule has 0 bridgehead atoms. The van der Waals surface area contributed by atoms with E-state index in [0.717, 1.165) is 16.8 Å². The lowest BCUT2D eigenvalue weighted by atomic mass is 10.1. The molecule has 2 aromatic heterocycles. The quantitative estimate of drug-likeness (QED) is 0.539. The Morgan fingerprint density at radius 3 is 2.66 bits per heavy atom. The van der Waals surface area contributed by atoms with E-state index in [1.165, 1.54) is 0 Å². The number of benzene rings is 2. The van der Waals surface area contributed by atoms with Gasteiger partial charge < -0.3 is 14.3 Å². The number of rotatable bonds is 6. The van der Waals surface area contributed by atoms with E-state index in [4.69, 9.17) is 8.94 Å². The Kier molecular flexibility index (Phi) is 5.20. The van der Waals surface area contributed by atoms with Crippen molar-refractivity contribution in [3.05, 3.63) is 88.9 Å². The number of aromatic nitrogens is 3. The van der Waals surface area contributed by atoms with Crippen molar-refractivity contribution >= 4 is 5.91 Å². The van der Waals surface area contributed by atoms with Crippen molar-refractivity contribution in [2.24, 2.45) is 0 Å². The molecule has 0 aliphatic heterocycles. The number of nitrogens with zero attached hydrogens (tertiary/aromatic N) is 3. The maximum absolute atomic E-state index is 12.1. The zero-order valence-electron chi connectivity index (χ0n) is 16.2. The molecule has 0 aliphatic carbocycles. The summed E-state index contributed by atoms with van der Waals surface area (Å²) < 4.78 is 11.0. The topological polar surface area (TPSA) is 94.1 Å². The van der Waals surface area contributed by atoms with Crippen molar-refractivity contribution in [2.45, 2.75) is 26.8 Å². The molecule has 1 N–H and O–H groups in total. The molecule has 1 amide bonds. The average molecular weight is 388 g/mol. The molecule has 0 fully saturated rings. The highest BCUT2D eigenvalue weighted by Gasteiger charge is 2.16. The summed E-state index contributed by atoms with van der Waals surface area (Å²) in [5.41, 5.74) is 3.40. The Labute approximate surface area is 167 Å². The van der Waals surface area contributed by atoms with Crippen LogP contribution in [-0.4, -0.2) is 21.0 Å². The molecule has 7 nitrogen and oxygen atoms in total. The number of carbonyl (C=O) groups excluding carboxylic acids is 1. The molecule has 0 atom stereocenters. The smallest absolute Gasteiger partial charge is 0.251 e. The summed E-state index contributed by atoms with van der Waals surface area (Å²) in [4.78, 5) is 21.0. The van der Waals surface area contributed by atoms with Crippen LogP contribution in [0.15, 0.2) is 63.5 Å². The van der Waals surface area contributed by atoms with E-state index in [9.17, 15) is 4.79 Å². The standard InChI is InChI=1S/C22H20N4O3/c1-14-7-6-10-17(11-14)22-24-18(15(2)28-22)12-19-25-20(29-26-19)13-23-21(27)16-8-4-3-5-9-16/h3-11H,12-13H2,1-2H3,(H,23,27). The summed E-state index contributed by atoms with van der Waals surface area (Å²) in [5, 5.41) is 6.75. The number of aryl methyl sites for hydroxylation is 2. The Morgan fingerprint density at radius 1 is 1.03 bits per heavy atom. The molecule has 0 saturated heterocycles. The van der Waals surface area contributed by atoms with Gasteiger partial charge in [0, 0.05) is 11.1 Å². The Hall–Kier alpha value is -3.74. The van der Waals surface area contributed by atoms with Gasteiger partial charge in [-0.1, -0.05) is 41.1 Å². The van der Waals surface area contributed by atoms with Crippen LogP contribution in [0.5, 0.6) is 0 Å². The van der Waals surface area contributed by atoms with Gasteiger partial charge in [0.15, 0.2) is 5.82 Å². The minimum absolute atomic E-state index is 0.160. The minimum atomic E-state index is -0.194. The molecule has 2 aromatic carbocycles. The molecule has 29 heavy (non-hydrogen) atoms. The van der Waals surface area contributed by atoms with Crippen LogP contribution in [0.3, 0.4) is 0 Å². The molecule has 4 aromatic rings. The SMILES string of the molecule is Cc1cccc(-c2nc(Cc3noc(CNC(=O)c4ccccc4)n3)c(C)o2)c1. The third-order valence-electron chi connectivity index (χ3n) is 4.43. The Bertz CT molecular complexity index is 1130. The predicted octanol–water partition coefficient (Wildman–Crippen LogP) is 3.86. The van der Waals surface area contributed by atoms with Crippen molar-refractivity contribution in [3.8, 4) is 11.5 Å². The van der Waals surface area contributed by atoms with E-state index >= 15 is 0 Å². The van der Waals surface area contributed by atoms with Crippen LogP contribution in [0.25, 0.3) is 11.5 Å². The molecular formula is C22H20N4O3. The second-order valence-corrected chi connectivity index (χ2v) is 6.72. The number of hydrogen-bond donors (Lipinski definition) is 1. The van der Waals surface area contributed by atoms with Gasteiger partial charge in [-0.05, 0) is 38.1 Å². The van der Waals surface area contributed by atoms with Crippen LogP contribution in [0.4, 0.5) is 0 Å². The molecule has 0 spiro atoms. The first-order valence-corrected chi connectivity index (χ1v) is 9.26. The Balaban J connectivity index is 1.41. The lowest BCUT2D eigenvalue weighted by Gasteiger charge is -2.01. The van der Waals surface area contributed by atoms with Crippen LogP contribution < -0.4 is 5.32 Å². The highest BCUT2D eigenvalue weighted by atomic mass is 16.5. The number of hydrogen-bond acceptors (Lipinski definition) is 6. The fraction of sp³-hybridized carbons (Fsp3) is 0.182. The van der Waals surface area contributed by atoms with Gasteiger partial charge >= 0.3 is 0 Å². The zero-order valence-corrected chi connectivity index (χ0v) is 16.2. The van der Waals surface area contributed by atoms with Crippen molar-refractivity contribution < 1.29 is 13.7 Å². The second-order valence-electron chi connectivity index (χ2n) is 6.72. The van der Waals surface area contributed by atoms with Crippen molar-refractivity contribution in [1.82, 2.24) is 20.4 Å². The number of nitrogens with one attached hydrogen (secondary N) is 1. The van der Waals surface area contributed by atoms with Crippen molar-refractivity contribution in [1.29, 1.82) is 0 Å². The average Bonchev–Trinajstić information content (AvgIpc) is 3.34. The van der Waals surface area contributed by atoms with Gasteiger partial charge in [0.05, 0.1) is 18.7 Å². The molecule has 0 aliphatic rings. The zero-order chi connectivity index (χ0) is 20.2. The minimum Gasteiger partial charge on any atom is -0.441 e. The lowest BCUT2D eigenvalue weighted by Crippen LogP contribution is -2.22. The van der Waals surface area contributed by atoms with Crippen molar-refractivity contribution in [2.75, 3.05) is 0 Å². The summed E-state index contributed by atoms with van der Waals surface area (Å²) in [6.45, 7) is 4.05. The number of oxazole rings is 1. The highest BCUT2D eigenvalue weighted by molar-refractivity contribution is 5.93. The van der Waals surface area contributed by atoms with Crippen LogP contribution >= 0.6 is 0 Å². The Morgan fingerprint density at radius 2 is 1.86 bits per heavy atom. The van der Waals surface area contributed by atoms with E-state index in [2.05, 4.69) is 20.4 Å². The second kappa shape index (κ2) is 8.10. The van der Waals surface area contributed by atoms with Gasteiger partial charge in [0.2, 0.25) is 11.8 Å². The van der Waals surface area contributed by atoms with E-state index in [1.54, 1.807) is 12.1 Å². The third-order valence-corrected chi connectivity index (χ3v) is 4.43. The molecular weight excluding hydrogens is 368 g/mol. The van der Waals surface area contributed by atoms with Gasteiger partial charge in [0.1, 0.15) is 5.76 Å². The lowest BCUT2D eigenvalue weighted by molar-refractivity contribution is 0.0946. The monoisotopic (exact) mass is 388 g/mol. The maximum Gasteiger partial charge on any atom is 0.251 e. The molecule has 0 unspecified atom stereocenters. The van der Waals surface area contributed by atoms with Crippen LogP contribution in [0, 0.1) is 13.8 Å². The maximum atomic E-state index is 12.1. The van der Waals surface area contributed by atoms with Gasteiger partial charge in [-0.25, -0.2) is 4.98 Å². The molecule has 7 heteroatoms. The first-order valence-electron chi connectivity index (χ1n) is 9.26. The van der Waals surface area contributed by atoms with E-state index in [1.807, 2.05) is 56.3 Å². The summed E-state index contributed by atoms with van der Waals surface area (Å²) in [5.74, 6) is 1.91. The molecule has 0 saturated carbocycles.